The van der Waals surface area contributed by atoms with Crippen molar-refractivity contribution in [1.82, 2.24) is 4.90 Å². The number of furan rings is 1. The number of carboxylic acids is 1. The van der Waals surface area contributed by atoms with Crippen LogP contribution in [0.1, 0.15) is 26.0 Å². The van der Waals surface area contributed by atoms with Crippen LogP contribution in [0.15, 0.2) is 19.6 Å². The van der Waals surface area contributed by atoms with E-state index >= 15 is 0 Å². The predicted octanol–water partition coefficient (Wildman–Crippen LogP) is 3.49. The summed E-state index contributed by atoms with van der Waals surface area (Å²) in [7, 11) is 0. The molecule has 6 heteroatoms. The van der Waals surface area contributed by atoms with E-state index in [0.29, 0.717) is 17.8 Å². The molecule has 0 atom stereocenters. The van der Waals surface area contributed by atoms with Gasteiger partial charge in [-0.2, -0.15) is 0 Å². The van der Waals surface area contributed by atoms with E-state index in [1.165, 1.54) is 0 Å². The summed E-state index contributed by atoms with van der Waals surface area (Å²) in [6, 6.07) is 2.16. The molecule has 1 heterocycles. The quantitative estimate of drug-likeness (QED) is 0.834. The Morgan fingerprint density at radius 2 is 2.18 bits per heavy atom. The summed E-state index contributed by atoms with van der Waals surface area (Å²) >= 11 is 6.63. The van der Waals surface area contributed by atoms with Crippen molar-refractivity contribution in [3.05, 3.63) is 21.0 Å². The second kappa shape index (κ2) is 6.56. The van der Waals surface area contributed by atoms with E-state index in [0.717, 1.165) is 10.2 Å². The van der Waals surface area contributed by atoms with Gasteiger partial charge >= 0.3 is 5.97 Å². The summed E-state index contributed by atoms with van der Waals surface area (Å²) in [6.45, 7) is 5.20. The fraction of sp³-hybridized carbons (Fsp3) is 0.545. The number of hydrogen-bond acceptors (Lipinski definition) is 3. The van der Waals surface area contributed by atoms with Crippen LogP contribution in [-0.2, 0) is 11.3 Å². The Hall–Kier alpha value is -0.330. The normalized spacial score (nSPS) is 11.4. The van der Waals surface area contributed by atoms with Crippen molar-refractivity contribution >= 4 is 37.8 Å². The van der Waals surface area contributed by atoms with Crippen LogP contribution in [0.25, 0.3) is 0 Å². The van der Waals surface area contributed by atoms with E-state index in [-0.39, 0.29) is 12.5 Å². The monoisotopic (exact) mass is 367 g/mol. The minimum absolute atomic E-state index is 0.140. The van der Waals surface area contributed by atoms with Gasteiger partial charge in [-0.15, -0.1) is 0 Å². The van der Waals surface area contributed by atoms with Gasteiger partial charge in [0, 0.05) is 12.6 Å². The van der Waals surface area contributed by atoms with Gasteiger partial charge in [0.15, 0.2) is 4.67 Å². The molecule has 0 amide bonds. The van der Waals surface area contributed by atoms with E-state index in [9.17, 15) is 4.79 Å². The summed E-state index contributed by atoms with van der Waals surface area (Å²) in [5, 5.41) is 8.69. The molecule has 0 aromatic carbocycles. The predicted molar refractivity (Wildman–Crippen MR) is 71.9 cm³/mol. The maximum Gasteiger partial charge on any atom is 0.304 e. The zero-order valence-electron chi connectivity index (χ0n) is 9.74. The van der Waals surface area contributed by atoms with Gasteiger partial charge in [-0.05, 0) is 51.8 Å². The van der Waals surface area contributed by atoms with Crippen LogP contribution in [0.3, 0.4) is 0 Å². The van der Waals surface area contributed by atoms with Crippen LogP contribution in [0.4, 0.5) is 0 Å². The zero-order chi connectivity index (χ0) is 13.0. The molecule has 1 aromatic heterocycles. The second-order valence-electron chi connectivity index (χ2n) is 4.04. The number of carboxylic acid groups (broad SMARTS) is 1. The number of nitrogens with zero attached hydrogens (tertiary/aromatic N) is 1. The standard InChI is InChI=1S/C11H15Br2NO3/c1-7(2)14(4-3-10(15)16)6-8-5-9(12)11(13)17-8/h5,7H,3-4,6H2,1-2H3,(H,15,16). The average molecular weight is 369 g/mol. The van der Waals surface area contributed by atoms with Gasteiger partial charge in [-0.3, -0.25) is 9.69 Å². The fourth-order valence-corrected chi connectivity index (χ4v) is 2.09. The maximum absolute atomic E-state index is 10.6. The molecule has 1 rings (SSSR count). The topological polar surface area (TPSA) is 53.7 Å². The number of rotatable bonds is 6. The summed E-state index contributed by atoms with van der Waals surface area (Å²) in [4.78, 5) is 12.6. The summed E-state index contributed by atoms with van der Waals surface area (Å²) in [5.74, 6) is 0.0281. The van der Waals surface area contributed by atoms with Crippen LogP contribution < -0.4 is 0 Å². The molecular formula is C11H15Br2NO3. The first kappa shape index (κ1) is 14.7. The van der Waals surface area contributed by atoms with Crippen molar-refractivity contribution < 1.29 is 14.3 Å². The van der Waals surface area contributed by atoms with Crippen molar-refractivity contribution in [2.24, 2.45) is 0 Å². The summed E-state index contributed by atoms with van der Waals surface area (Å²) in [5.41, 5.74) is 0. The van der Waals surface area contributed by atoms with Gasteiger partial charge < -0.3 is 9.52 Å². The van der Waals surface area contributed by atoms with Crippen LogP contribution in [0.5, 0.6) is 0 Å². The number of aliphatic carboxylic acids is 1. The van der Waals surface area contributed by atoms with Gasteiger partial charge in [0.2, 0.25) is 0 Å². The lowest BCUT2D eigenvalue weighted by atomic mass is 10.2. The third-order valence-electron chi connectivity index (χ3n) is 2.40. The highest BCUT2D eigenvalue weighted by atomic mass is 79.9. The minimum atomic E-state index is -0.780. The summed E-state index contributed by atoms with van der Waals surface area (Å²) < 4.78 is 7.01. The molecule has 0 saturated carbocycles. The van der Waals surface area contributed by atoms with Crippen molar-refractivity contribution in [2.75, 3.05) is 6.54 Å². The lowest BCUT2D eigenvalue weighted by Gasteiger charge is -2.24. The van der Waals surface area contributed by atoms with Crippen LogP contribution in [-0.4, -0.2) is 28.6 Å². The van der Waals surface area contributed by atoms with E-state index in [1.807, 2.05) is 19.9 Å². The molecule has 0 aliphatic heterocycles. The van der Waals surface area contributed by atoms with Gasteiger partial charge in [0.05, 0.1) is 17.4 Å². The Morgan fingerprint density at radius 1 is 1.53 bits per heavy atom. The van der Waals surface area contributed by atoms with Gasteiger partial charge in [0.25, 0.3) is 0 Å². The Bertz CT molecular complexity index is 371. The van der Waals surface area contributed by atoms with E-state index in [4.69, 9.17) is 9.52 Å². The molecule has 0 aliphatic rings. The molecule has 0 radical (unpaired) electrons. The third-order valence-corrected chi connectivity index (χ3v) is 4.11. The molecule has 0 saturated heterocycles. The van der Waals surface area contributed by atoms with Crippen LogP contribution in [0, 0.1) is 0 Å². The highest BCUT2D eigenvalue weighted by molar-refractivity contribution is 9.13. The molecular weight excluding hydrogens is 354 g/mol. The SMILES string of the molecule is CC(C)N(CCC(=O)O)Cc1cc(Br)c(Br)o1. The highest BCUT2D eigenvalue weighted by Gasteiger charge is 2.15. The first-order valence-electron chi connectivity index (χ1n) is 5.29. The van der Waals surface area contributed by atoms with Crippen molar-refractivity contribution in [3.63, 3.8) is 0 Å². The third kappa shape index (κ3) is 4.81. The fourth-order valence-electron chi connectivity index (χ4n) is 1.43. The first-order chi connectivity index (χ1) is 7.90. The Morgan fingerprint density at radius 3 is 2.59 bits per heavy atom. The van der Waals surface area contributed by atoms with Crippen molar-refractivity contribution in [2.45, 2.75) is 32.9 Å². The molecule has 17 heavy (non-hydrogen) atoms. The number of hydrogen-bond donors (Lipinski definition) is 1. The molecule has 1 N–H and O–H groups in total. The number of halogens is 2. The van der Waals surface area contributed by atoms with Crippen molar-refractivity contribution in [1.29, 1.82) is 0 Å². The smallest absolute Gasteiger partial charge is 0.304 e. The molecule has 0 bridgehead atoms. The molecule has 4 nitrogen and oxygen atoms in total. The lowest BCUT2D eigenvalue weighted by molar-refractivity contribution is -0.137. The van der Waals surface area contributed by atoms with E-state index in [1.54, 1.807) is 0 Å². The Kier molecular flexibility index (Phi) is 5.69. The van der Waals surface area contributed by atoms with E-state index in [2.05, 4.69) is 36.8 Å². The first-order valence-corrected chi connectivity index (χ1v) is 6.88. The molecule has 0 fully saturated rings. The summed E-state index contributed by atoms with van der Waals surface area (Å²) in [6.07, 6.45) is 0.140. The van der Waals surface area contributed by atoms with E-state index < -0.39 is 5.97 Å². The molecule has 0 spiro atoms. The van der Waals surface area contributed by atoms with Crippen LogP contribution >= 0.6 is 31.9 Å². The molecule has 1 aromatic rings. The Balaban J connectivity index is 2.63. The zero-order valence-corrected chi connectivity index (χ0v) is 12.9. The largest absolute Gasteiger partial charge is 0.481 e. The van der Waals surface area contributed by atoms with Crippen molar-refractivity contribution in [3.8, 4) is 0 Å². The lowest BCUT2D eigenvalue weighted by Crippen LogP contribution is -2.32. The van der Waals surface area contributed by atoms with Crippen LogP contribution in [0.2, 0.25) is 0 Å². The maximum atomic E-state index is 10.6. The second-order valence-corrected chi connectivity index (χ2v) is 5.62. The van der Waals surface area contributed by atoms with Gasteiger partial charge in [-0.25, -0.2) is 0 Å². The van der Waals surface area contributed by atoms with Gasteiger partial charge in [-0.1, -0.05) is 0 Å². The average Bonchev–Trinajstić information content (AvgIpc) is 2.52. The molecule has 0 aliphatic carbocycles. The highest BCUT2D eigenvalue weighted by Crippen LogP contribution is 2.27. The number of carbonyl (C=O) groups is 1. The minimum Gasteiger partial charge on any atom is -0.481 e. The van der Waals surface area contributed by atoms with Gasteiger partial charge in [0.1, 0.15) is 5.76 Å². The molecule has 96 valence electrons. The Labute approximate surface area is 117 Å². The molecule has 0 unspecified atom stereocenters.